The Bertz CT molecular complexity index is 570. The fourth-order valence-electron chi connectivity index (χ4n) is 2.24. The number of halogens is 1. The smallest absolute Gasteiger partial charge is 0.244 e. The minimum atomic E-state index is -3.65. The third-order valence-electron chi connectivity index (χ3n) is 3.28. The predicted octanol–water partition coefficient (Wildman–Crippen LogP) is 2.30. The summed E-state index contributed by atoms with van der Waals surface area (Å²) in [7, 11) is -2.20. The molecule has 0 radical (unpaired) electrons. The predicted molar refractivity (Wildman–Crippen MR) is 79.5 cm³/mol. The van der Waals surface area contributed by atoms with Crippen molar-refractivity contribution in [2.24, 2.45) is 0 Å². The molecular weight excluding hydrogens is 346 g/mol. The van der Waals surface area contributed by atoms with E-state index >= 15 is 0 Å². The molecule has 1 saturated heterocycles. The van der Waals surface area contributed by atoms with Crippen molar-refractivity contribution in [1.29, 1.82) is 0 Å². The Labute approximate surface area is 127 Å². The number of methoxy groups -OCH3 is 1. The first-order chi connectivity index (χ1) is 9.44. The molecule has 112 valence electrons. The van der Waals surface area contributed by atoms with Crippen LogP contribution in [0.5, 0.6) is 5.75 Å². The fourth-order valence-corrected chi connectivity index (χ4v) is 4.22. The zero-order valence-electron chi connectivity index (χ0n) is 11.4. The van der Waals surface area contributed by atoms with Crippen molar-refractivity contribution in [3.05, 3.63) is 22.7 Å². The van der Waals surface area contributed by atoms with Gasteiger partial charge in [0.15, 0.2) is 0 Å². The number of hydrogen-bond donors (Lipinski definition) is 1. The first-order valence-corrected chi connectivity index (χ1v) is 8.69. The molecule has 2 rings (SSSR count). The topological polar surface area (TPSA) is 64.6 Å². The molecule has 0 bridgehead atoms. The van der Waals surface area contributed by atoms with Gasteiger partial charge in [-0.2, -0.15) is 0 Å². The van der Waals surface area contributed by atoms with Crippen LogP contribution in [0.25, 0.3) is 0 Å². The van der Waals surface area contributed by atoms with Crippen molar-refractivity contribution in [3.8, 4) is 5.75 Å². The van der Waals surface area contributed by atoms with Crippen molar-refractivity contribution in [2.75, 3.05) is 13.7 Å². The molecule has 0 spiro atoms. The van der Waals surface area contributed by atoms with Gasteiger partial charge in [-0.05, 0) is 38.0 Å². The SMILES string of the molecule is COc1ccc(Br)cc1S(=O)(=O)NC(C)C1CCCO1. The Morgan fingerprint density at radius 2 is 2.25 bits per heavy atom. The second-order valence-electron chi connectivity index (χ2n) is 4.76. The van der Waals surface area contributed by atoms with Gasteiger partial charge in [0.1, 0.15) is 10.6 Å². The van der Waals surface area contributed by atoms with E-state index in [0.717, 1.165) is 12.8 Å². The van der Waals surface area contributed by atoms with Gasteiger partial charge in [-0.25, -0.2) is 13.1 Å². The van der Waals surface area contributed by atoms with Crippen molar-refractivity contribution >= 4 is 26.0 Å². The van der Waals surface area contributed by atoms with Gasteiger partial charge in [0.2, 0.25) is 10.0 Å². The lowest BCUT2D eigenvalue weighted by molar-refractivity contribution is 0.0902. The molecule has 1 aromatic carbocycles. The Balaban J connectivity index is 2.23. The van der Waals surface area contributed by atoms with Crippen LogP contribution in [0, 0.1) is 0 Å². The summed E-state index contributed by atoms with van der Waals surface area (Å²) in [5, 5.41) is 0. The van der Waals surface area contributed by atoms with Crippen LogP contribution in [0.1, 0.15) is 19.8 Å². The first kappa shape index (κ1) is 15.8. The van der Waals surface area contributed by atoms with Gasteiger partial charge < -0.3 is 9.47 Å². The molecule has 2 atom stereocenters. The third-order valence-corrected chi connectivity index (χ3v) is 5.35. The highest BCUT2D eigenvalue weighted by Crippen LogP contribution is 2.28. The van der Waals surface area contributed by atoms with Crippen molar-refractivity contribution in [3.63, 3.8) is 0 Å². The molecule has 0 amide bonds. The Kier molecular flexibility index (Phi) is 5.06. The first-order valence-electron chi connectivity index (χ1n) is 6.41. The lowest BCUT2D eigenvalue weighted by atomic mass is 10.1. The Morgan fingerprint density at radius 3 is 2.85 bits per heavy atom. The van der Waals surface area contributed by atoms with Crippen molar-refractivity contribution in [1.82, 2.24) is 4.72 Å². The van der Waals surface area contributed by atoms with Crippen LogP contribution in [0.4, 0.5) is 0 Å². The van der Waals surface area contributed by atoms with Crippen LogP contribution in [0.3, 0.4) is 0 Å². The molecule has 2 unspecified atom stereocenters. The molecule has 0 aromatic heterocycles. The van der Waals surface area contributed by atoms with Crippen LogP contribution in [0.2, 0.25) is 0 Å². The van der Waals surface area contributed by atoms with E-state index in [4.69, 9.17) is 9.47 Å². The van der Waals surface area contributed by atoms with Gasteiger partial charge in [0.05, 0.1) is 13.2 Å². The van der Waals surface area contributed by atoms with E-state index in [9.17, 15) is 8.42 Å². The van der Waals surface area contributed by atoms with E-state index in [0.29, 0.717) is 16.8 Å². The van der Waals surface area contributed by atoms with Crippen LogP contribution >= 0.6 is 15.9 Å². The molecule has 1 aliphatic rings. The monoisotopic (exact) mass is 363 g/mol. The molecular formula is C13H18BrNO4S. The van der Waals surface area contributed by atoms with Gasteiger partial charge >= 0.3 is 0 Å². The number of sulfonamides is 1. The van der Waals surface area contributed by atoms with E-state index < -0.39 is 10.0 Å². The summed E-state index contributed by atoms with van der Waals surface area (Å²) < 4.78 is 38.9. The average Bonchev–Trinajstić information content (AvgIpc) is 2.92. The standard InChI is InChI=1S/C13H18BrNO4S/c1-9(11-4-3-7-19-11)15-20(16,17)13-8-10(14)5-6-12(13)18-2/h5-6,8-9,11,15H,3-4,7H2,1-2H3. The fraction of sp³-hybridized carbons (Fsp3) is 0.538. The molecule has 1 aromatic rings. The molecule has 1 fully saturated rings. The zero-order valence-corrected chi connectivity index (χ0v) is 13.8. The Hall–Kier alpha value is -0.630. The number of rotatable bonds is 5. The van der Waals surface area contributed by atoms with Crippen molar-refractivity contribution in [2.45, 2.75) is 36.8 Å². The highest BCUT2D eigenvalue weighted by molar-refractivity contribution is 9.10. The minimum Gasteiger partial charge on any atom is -0.495 e. The quantitative estimate of drug-likeness (QED) is 0.871. The van der Waals surface area contributed by atoms with Gasteiger partial charge in [0.25, 0.3) is 0 Å². The van der Waals surface area contributed by atoms with Crippen LogP contribution in [-0.2, 0) is 14.8 Å². The van der Waals surface area contributed by atoms with Gasteiger partial charge in [-0.15, -0.1) is 0 Å². The molecule has 5 nitrogen and oxygen atoms in total. The van der Waals surface area contributed by atoms with Crippen molar-refractivity contribution < 1.29 is 17.9 Å². The van der Waals surface area contributed by atoms with Crippen LogP contribution < -0.4 is 9.46 Å². The van der Waals surface area contributed by atoms with E-state index in [2.05, 4.69) is 20.7 Å². The summed E-state index contributed by atoms with van der Waals surface area (Å²) in [6, 6.07) is 4.62. The lowest BCUT2D eigenvalue weighted by Gasteiger charge is -2.20. The van der Waals surface area contributed by atoms with Crippen LogP contribution in [-0.4, -0.2) is 34.3 Å². The second-order valence-corrected chi connectivity index (χ2v) is 7.35. The molecule has 0 aliphatic carbocycles. The summed E-state index contributed by atoms with van der Waals surface area (Å²) in [6.45, 7) is 2.51. The molecule has 0 saturated carbocycles. The van der Waals surface area contributed by atoms with E-state index in [1.807, 2.05) is 6.92 Å². The van der Waals surface area contributed by atoms with E-state index in [-0.39, 0.29) is 17.0 Å². The average molecular weight is 364 g/mol. The summed E-state index contributed by atoms with van der Waals surface area (Å²) in [5.74, 6) is 0.320. The molecule has 1 heterocycles. The normalized spacial score (nSPS) is 20.9. The minimum absolute atomic E-state index is 0.0667. The van der Waals surface area contributed by atoms with Gasteiger partial charge in [0, 0.05) is 17.1 Å². The van der Waals surface area contributed by atoms with E-state index in [1.54, 1.807) is 12.1 Å². The largest absolute Gasteiger partial charge is 0.495 e. The maximum absolute atomic E-state index is 12.5. The molecule has 1 N–H and O–H groups in total. The highest BCUT2D eigenvalue weighted by Gasteiger charge is 2.28. The maximum Gasteiger partial charge on any atom is 0.244 e. The maximum atomic E-state index is 12.5. The highest BCUT2D eigenvalue weighted by atomic mass is 79.9. The number of nitrogens with one attached hydrogen (secondary N) is 1. The van der Waals surface area contributed by atoms with E-state index in [1.165, 1.54) is 13.2 Å². The number of benzene rings is 1. The Morgan fingerprint density at radius 1 is 1.50 bits per heavy atom. The molecule has 1 aliphatic heterocycles. The van der Waals surface area contributed by atoms with Gasteiger partial charge in [-0.1, -0.05) is 15.9 Å². The zero-order chi connectivity index (χ0) is 14.8. The number of ether oxygens (including phenoxy) is 2. The lowest BCUT2D eigenvalue weighted by Crippen LogP contribution is -2.40. The summed E-state index contributed by atoms with van der Waals surface area (Å²) in [5.41, 5.74) is 0. The molecule has 20 heavy (non-hydrogen) atoms. The number of hydrogen-bond acceptors (Lipinski definition) is 4. The summed E-state index contributed by atoms with van der Waals surface area (Å²) >= 11 is 3.28. The summed E-state index contributed by atoms with van der Waals surface area (Å²) in [4.78, 5) is 0.124. The van der Waals surface area contributed by atoms with Gasteiger partial charge in [-0.3, -0.25) is 0 Å². The second kappa shape index (κ2) is 6.43. The molecule has 7 heteroatoms. The third kappa shape index (κ3) is 3.52. The summed E-state index contributed by atoms with van der Waals surface area (Å²) in [6.07, 6.45) is 1.78. The van der Waals surface area contributed by atoms with Crippen LogP contribution in [0.15, 0.2) is 27.6 Å².